The Morgan fingerprint density at radius 1 is 1.11 bits per heavy atom. The van der Waals surface area contributed by atoms with Gasteiger partial charge in [-0.05, 0) is 32.4 Å². The van der Waals surface area contributed by atoms with Crippen LogP contribution in [0.2, 0.25) is 0 Å². The van der Waals surface area contributed by atoms with Crippen LogP contribution in [0, 0.1) is 20.8 Å². The van der Waals surface area contributed by atoms with E-state index in [9.17, 15) is 0 Å². The van der Waals surface area contributed by atoms with E-state index in [2.05, 4.69) is 47.3 Å². The number of hydrogen-bond donors (Lipinski definition) is 1. The summed E-state index contributed by atoms with van der Waals surface area (Å²) in [7, 11) is 1.88. The number of rotatable bonds is 4. The van der Waals surface area contributed by atoms with Crippen molar-refractivity contribution in [2.24, 2.45) is 0 Å². The molecular formula is C15H19N3S. The monoisotopic (exact) mass is 273 g/mol. The standard InChI is InChI=1S/C15H19N3S/c1-10-5-6-11(2)13(7-10)19-9-15-17-12(3)8-14(16-4)18-15/h5-8H,9H2,1-4H3,(H,16,17,18). The summed E-state index contributed by atoms with van der Waals surface area (Å²) in [4.78, 5) is 10.3. The lowest BCUT2D eigenvalue weighted by Gasteiger charge is -2.08. The number of thioether (sulfide) groups is 1. The summed E-state index contributed by atoms with van der Waals surface area (Å²) in [5.41, 5.74) is 3.59. The summed E-state index contributed by atoms with van der Waals surface area (Å²) in [5.74, 6) is 2.54. The Hall–Kier alpha value is -1.55. The number of nitrogens with zero attached hydrogens (tertiary/aromatic N) is 2. The topological polar surface area (TPSA) is 37.8 Å². The van der Waals surface area contributed by atoms with Gasteiger partial charge in [-0.25, -0.2) is 9.97 Å². The Morgan fingerprint density at radius 2 is 1.89 bits per heavy atom. The first kappa shape index (κ1) is 13.9. The van der Waals surface area contributed by atoms with Crippen LogP contribution in [0.4, 0.5) is 5.82 Å². The van der Waals surface area contributed by atoms with E-state index in [1.54, 1.807) is 11.8 Å². The molecule has 0 atom stereocenters. The molecule has 1 aromatic carbocycles. The molecule has 0 fully saturated rings. The minimum absolute atomic E-state index is 0.792. The number of aromatic nitrogens is 2. The highest BCUT2D eigenvalue weighted by Gasteiger charge is 2.04. The number of nitrogens with one attached hydrogen (secondary N) is 1. The molecule has 1 N–H and O–H groups in total. The van der Waals surface area contributed by atoms with Crippen molar-refractivity contribution in [2.45, 2.75) is 31.4 Å². The van der Waals surface area contributed by atoms with Gasteiger partial charge in [0.15, 0.2) is 0 Å². The smallest absolute Gasteiger partial charge is 0.141 e. The van der Waals surface area contributed by atoms with Crippen molar-refractivity contribution >= 4 is 17.6 Å². The molecule has 0 radical (unpaired) electrons. The number of benzene rings is 1. The molecular weight excluding hydrogens is 254 g/mol. The highest BCUT2D eigenvalue weighted by Crippen LogP contribution is 2.26. The SMILES string of the molecule is CNc1cc(C)nc(CSc2cc(C)ccc2C)n1. The summed E-state index contributed by atoms with van der Waals surface area (Å²) in [6, 6.07) is 8.47. The molecule has 2 aromatic rings. The van der Waals surface area contributed by atoms with E-state index >= 15 is 0 Å². The molecule has 19 heavy (non-hydrogen) atoms. The summed E-state index contributed by atoms with van der Waals surface area (Å²) in [6.45, 7) is 6.25. The number of anilines is 1. The van der Waals surface area contributed by atoms with Gasteiger partial charge in [0.2, 0.25) is 0 Å². The first-order chi connectivity index (χ1) is 9.08. The summed E-state index contributed by atoms with van der Waals surface area (Å²) >= 11 is 1.79. The van der Waals surface area contributed by atoms with Gasteiger partial charge in [-0.15, -0.1) is 11.8 Å². The zero-order valence-corrected chi connectivity index (χ0v) is 12.6. The molecule has 0 bridgehead atoms. The highest BCUT2D eigenvalue weighted by molar-refractivity contribution is 7.98. The van der Waals surface area contributed by atoms with Crippen LogP contribution in [0.15, 0.2) is 29.2 Å². The predicted molar refractivity (Wildman–Crippen MR) is 81.8 cm³/mol. The van der Waals surface area contributed by atoms with E-state index in [1.165, 1.54) is 16.0 Å². The fourth-order valence-electron chi connectivity index (χ4n) is 1.83. The zero-order chi connectivity index (χ0) is 13.8. The molecule has 0 saturated heterocycles. The third-order valence-corrected chi connectivity index (χ3v) is 4.01. The summed E-state index contributed by atoms with van der Waals surface area (Å²) < 4.78 is 0. The van der Waals surface area contributed by atoms with Crippen molar-refractivity contribution in [3.05, 3.63) is 46.9 Å². The van der Waals surface area contributed by atoms with E-state index in [0.29, 0.717) is 0 Å². The van der Waals surface area contributed by atoms with Crippen molar-refractivity contribution in [3.63, 3.8) is 0 Å². The number of hydrogen-bond acceptors (Lipinski definition) is 4. The predicted octanol–water partition coefficient (Wildman–Crippen LogP) is 3.74. The molecule has 0 aliphatic rings. The Kier molecular flexibility index (Phi) is 4.43. The van der Waals surface area contributed by atoms with Crippen molar-refractivity contribution in [1.29, 1.82) is 0 Å². The maximum absolute atomic E-state index is 4.48. The average Bonchev–Trinajstić information content (AvgIpc) is 2.39. The van der Waals surface area contributed by atoms with Crippen LogP contribution in [-0.2, 0) is 5.75 Å². The van der Waals surface area contributed by atoms with Crippen LogP contribution < -0.4 is 5.32 Å². The third kappa shape index (κ3) is 3.70. The Bertz CT molecular complexity index is 582. The van der Waals surface area contributed by atoms with Gasteiger partial charge in [0.05, 0.1) is 5.75 Å². The van der Waals surface area contributed by atoms with E-state index in [4.69, 9.17) is 0 Å². The van der Waals surface area contributed by atoms with Gasteiger partial charge in [-0.2, -0.15) is 0 Å². The molecule has 0 spiro atoms. The molecule has 1 heterocycles. The first-order valence-electron chi connectivity index (χ1n) is 6.31. The number of aryl methyl sites for hydroxylation is 3. The Balaban J connectivity index is 2.14. The molecule has 0 aliphatic heterocycles. The van der Waals surface area contributed by atoms with Gasteiger partial charge >= 0.3 is 0 Å². The van der Waals surface area contributed by atoms with Crippen molar-refractivity contribution in [3.8, 4) is 0 Å². The van der Waals surface area contributed by atoms with Crippen molar-refractivity contribution in [2.75, 3.05) is 12.4 Å². The average molecular weight is 273 g/mol. The zero-order valence-electron chi connectivity index (χ0n) is 11.8. The fourth-order valence-corrected chi connectivity index (χ4v) is 2.81. The highest BCUT2D eigenvalue weighted by atomic mass is 32.2. The Labute approximate surface area is 118 Å². The molecule has 0 amide bonds. The van der Waals surface area contributed by atoms with Crippen LogP contribution >= 0.6 is 11.8 Å². The largest absolute Gasteiger partial charge is 0.373 e. The molecule has 3 nitrogen and oxygen atoms in total. The summed E-state index contributed by atoms with van der Waals surface area (Å²) in [5, 5.41) is 3.07. The van der Waals surface area contributed by atoms with Gasteiger partial charge < -0.3 is 5.32 Å². The normalized spacial score (nSPS) is 10.5. The van der Waals surface area contributed by atoms with Gasteiger partial charge in [-0.3, -0.25) is 0 Å². The van der Waals surface area contributed by atoms with Crippen molar-refractivity contribution in [1.82, 2.24) is 9.97 Å². The second-order valence-electron chi connectivity index (χ2n) is 4.62. The fraction of sp³-hybridized carbons (Fsp3) is 0.333. The second-order valence-corrected chi connectivity index (χ2v) is 5.64. The third-order valence-electron chi connectivity index (χ3n) is 2.86. The maximum atomic E-state index is 4.48. The van der Waals surface area contributed by atoms with E-state index in [0.717, 1.165) is 23.1 Å². The lowest BCUT2D eigenvalue weighted by atomic mass is 10.2. The molecule has 0 aliphatic carbocycles. The van der Waals surface area contributed by atoms with Crippen molar-refractivity contribution < 1.29 is 0 Å². The van der Waals surface area contributed by atoms with Gasteiger partial charge in [0, 0.05) is 23.7 Å². The van der Waals surface area contributed by atoms with Gasteiger partial charge in [-0.1, -0.05) is 17.7 Å². The lowest BCUT2D eigenvalue weighted by Crippen LogP contribution is -2.00. The lowest BCUT2D eigenvalue weighted by molar-refractivity contribution is 0.996. The quantitative estimate of drug-likeness (QED) is 0.861. The molecule has 100 valence electrons. The molecule has 1 aromatic heterocycles. The van der Waals surface area contributed by atoms with E-state index in [-0.39, 0.29) is 0 Å². The van der Waals surface area contributed by atoms with Crippen LogP contribution in [0.1, 0.15) is 22.6 Å². The van der Waals surface area contributed by atoms with Crippen LogP contribution in [0.3, 0.4) is 0 Å². The van der Waals surface area contributed by atoms with Crippen LogP contribution in [0.5, 0.6) is 0 Å². The molecule has 0 unspecified atom stereocenters. The molecule has 2 rings (SSSR count). The molecule has 4 heteroatoms. The van der Waals surface area contributed by atoms with Crippen LogP contribution in [0.25, 0.3) is 0 Å². The van der Waals surface area contributed by atoms with E-state index < -0.39 is 0 Å². The maximum Gasteiger partial charge on any atom is 0.141 e. The van der Waals surface area contributed by atoms with E-state index in [1.807, 2.05) is 20.0 Å². The minimum atomic E-state index is 0.792. The first-order valence-corrected chi connectivity index (χ1v) is 7.29. The second kappa shape index (κ2) is 6.06. The summed E-state index contributed by atoms with van der Waals surface area (Å²) in [6.07, 6.45) is 0. The minimum Gasteiger partial charge on any atom is -0.373 e. The van der Waals surface area contributed by atoms with Crippen LogP contribution in [-0.4, -0.2) is 17.0 Å². The van der Waals surface area contributed by atoms with Gasteiger partial charge in [0.1, 0.15) is 11.6 Å². The molecule has 0 saturated carbocycles. The Morgan fingerprint density at radius 3 is 2.63 bits per heavy atom. The van der Waals surface area contributed by atoms with Gasteiger partial charge in [0.25, 0.3) is 0 Å².